The van der Waals surface area contributed by atoms with Crippen LogP contribution in [0.5, 0.6) is 0 Å². The van der Waals surface area contributed by atoms with Crippen molar-refractivity contribution < 1.29 is 18.7 Å². The Labute approximate surface area is 57.1 Å². The quantitative estimate of drug-likeness (QED) is 0.599. The molecular weight excluding hydrogens is 144 g/mol. The first-order valence-electron chi connectivity index (χ1n) is 3.02. The van der Waals surface area contributed by atoms with Crippen molar-refractivity contribution in [2.24, 2.45) is 0 Å². The van der Waals surface area contributed by atoms with Crippen LogP contribution in [0.2, 0.25) is 0 Å². The molecule has 3 nitrogen and oxygen atoms in total. The summed E-state index contributed by atoms with van der Waals surface area (Å²) >= 11 is 0. The molecule has 0 spiro atoms. The molecule has 0 amide bonds. The summed E-state index contributed by atoms with van der Waals surface area (Å²) < 4.78 is 23.2. The number of hydroxylamine groups is 2. The van der Waals surface area contributed by atoms with Gasteiger partial charge in [0.1, 0.15) is 0 Å². The Morgan fingerprint density at radius 1 is 1.70 bits per heavy atom. The van der Waals surface area contributed by atoms with Crippen molar-refractivity contribution in [2.75, 3.05) is 19.7 Å². The molecule has 0 radical (unpaired) electrons. The first-order chi connectivity index (χ1) is 4.68. The largest absolute Gasteiger partial charge is 0.389 e. The van der Waals surface area contributed by atoms with E-state index in [9.17, 15) is 8.78 Å². The Bertz CT molecular complexity index is 112. The summed E-state index contributed by atoms with van der Waals surface area (Å²) in [6.07, 6.45) is -3.01. The first kappa shape index (κ1) is 7.84. The molecule has 1 N–H and O–H groups in total. The van der Waals surface area contributed by atoms with E-state index in [1.54, 1.807) is 0 Å². The van der Waals surface area contributed by atoms with Crippen LogP contribution in [0.3, 0.4) is 0 Å². The molecule has 1 heterocycles. The molecule has 10 heavy (non-hydrogen) atoms. The third-order valence-corrected chi connectivity index (χ3v) is 1.21. The molecule has 0 saturated carbocycles. The van der Waals surface area contributed by atoms with Crippen LogP contribution in [0.15, 0.2) is 0 Å². The molecule has 0 bridgehead atoms. The van der Waals surface area contributed by atoms with E-state index in [4.69, 9.17) is 5.11 Å². The van der Waals surface area contributed by atoms with Gasteiger partial charge in [-0.15, -0.1) is 0 Å². The maximum absolute atomic E-state index is 11.6. The van der Waals surface area contributed by atoms with Crippen LogP contribution in [0.4, 0.5) is 8.78 Å². The maximum Gasteiger partial charge on any atom is 0.253 e. The molecule has 5 heteroatoms. The van der Waals surface area contributed by atoms with Crippen LogP contribution in [-0.4, -0.2) is 42.4 Å². The lowest BCUT2D eigenvalue weighted by molar-refractivity contribution is -0.133. The van der Waals surface area contributed by atoms with Crippen LogP contribution in [-0.2, 0) is 4.84 Å². The van der Waals surface area contributed by atoms with Gasteiger partial charge in [0.25, 0.3) is 6.43 Å². The summed E-state index contributed by atoms with van der Waals surface area (Å²) in [4.78, 5) is 4.68. The minimum atomic E-state index is -2.40. The number of hydrogen-bond donors (Lipinski definition) is 1. The normalized spacial score (nSPS) is 28.2. The van der Waals surface area contributed by atoms with Gasteiger partial charge in [-0.25, -0.2) is 8.78 Å². The standard InChI is InChI=1S/C5H9F2NO2/c6-5(7)2-8-1-4(9)3-10-8/h4-5,9H,1-3H2/t4-/m0/s1. The number of halogens is 2. The van der Waals surface area contributed by atoms with E-state index < -0.39 is 19.1 Å². The van der Waals surface area contributed by atoms with Crippen LogP contribution < -0.4 is 0 Å². The van der Waals surface area contributed by atoms with E-state index in [0.29, 0.717) is 0 Å². The summed E-state index contributed by atoms with van der Waals surface area (Å²) in [5, 5.41) is 9.88. The summed E-state index contributed by atoms with van der Waals surface area (Å²) in [6.45, 7) is -0.103. The molecule has 1 aliphatic heterocycles. The highest BCUT2D eigenvalue weighted by atomic mass is 19.3. The van der Waals surface area contributed by atoms with Crippen LogP contribution in [0.1, 0.15) is 0 Å². The summed E-state index contributed by atoms with van der Waals surface area (Å²) in [6, 6.07) is 0. The zero-order chi connectivity index (χ0) is 7.56. The van der Waals surface area contributed by atoms with Crippen molar-refractivity contribution in [1.29, 1.82) is 0 Å². The number of hydrogen-bond acceptors (Lipinski definition) is 3. The lowest BCUT2D eigenvalue weighted by Gasteiger charge is -2.11. The number of nitrogens with zero attached hydrogens (tertiary/aromatic N) is 1. The predicted molar refractivity (Wildman–Crippen MR) is 29.5 cm³/mol. The Morgan fingerprint density at radius 3 is 2.80 bits per heavy atom. The van der Waals surface area contributed by atoms with E-state index in [1.807, 2.05) is 0 Å². The highest BCUT2D eigenvalue weighted by Gasteiger charge is 2.23. The molecule has 1 atom stereocenters. The van der Waals surface area contributed by atoms with Gasteiger partial charge in [0.2, 0.25) is 0 Å². The first-order valence-corrected chi connectivity index (χ1v) is 3.02. The second-order valence-corrected chi connectivity index (χ2v) is 2.19. The van der Waals surface area contributed by atoms with Gasteiger partial charge < -0.3 is 5.11 Å². The third-order valence-electron chi connectivity index (χ3n) is 1.21. The minimum absolute atomic E-state index is 0.132. The van der Waals surface area contributed by atoms with Gasteiger partial charge in [0.15, 0.2) is 0 Å². The van der Waals surface area contributed by atoms with Crippen LogP contribution in [0, 0.1) is 0 Å². The molecule has 0 aromatic rings. The van der Waals surface area contributed by atoms with Crippen LogP contribution in [0.25, 0.3) is 0 Å². The van der Waals surface area contributed by atoms with E-state index in [0.717, 1.165) is 5.06 Å². The Balaban J connectivity index is 2.18. The van der Waals surface area contributed by atoms with Crippen molar-refractivity contribution in [3.63, 3.8) is 0 Å². The maximum atomic E-state index is 11.6. The van der Waals surface area contributed by atoms with Crippen molar-refractivity contribution in [3.05, 3.63) is 0 Å². The molecule has 1 aliphatic rings. The lowest BCUT2D eigenvalue weighted by Crippen LogP contribution is -2.26. The Kier molecular flexibility index (Phi) is 2.53. The monoisotopic (exact) mass is 153 g/mol. The highest BCUT2D eigenvalue weighted by Crippen LogP contribution is 2.07. The van der Waals surface area contributed by atoms with Crippen molar-refractivity contribution >= 4 is 0 Å². The van der Waals surface area contributed by atoms with E-state index >= 15 is 0 Å². The van der Waals surface area contributed by atoms with Gasteiger partial charge in [-0.05, 0) is 0 Å². The summed E-state index contributed by atoms with van der Waals surface area (Å²) in [7, 11) is 0. The van der Waals surface area contributed by atoms with E-state index in [-0.39, 0.29) is 13.2 Å². The molecule has 0 aromatic carbocycles. The van der Waals surface area contributed by atoms with Gasteiger partial charge in [0, 0.05) is 0 Å². The average Bonchev–Trinajstić information content (AvgIpc) is 2.13. The van der Waals surface area contributed by atoms with Gasteiger partial charge in [0.05, 0.1) is 25.8 Å². The highest BCUT2D eigenvalue weighted by molar-refractivity contribution is 4.64. The number of rotatable bonds is 2. The Hall–Kier alpha value is -0.260. The van der Waals surface area contributed by atoms with Gasteiger partial charge in [-0.2, -0.15) is 5.06 Å². The fourth-order valence-corrected chi connectivity index (χ4v) is 0.813. The zero-order valence-electron chi connectivity index (χ0n) is 5.33. The summed E-state index contributed by atoms with van der Waals surface area (Å²) in [5.74, 6) is 0. The van der Waals surface area contributed by atoms with Crippen molar-refractivity contribution in [3.8, 4) is 0 Å². The van der Waals surface area contributed by atoms with Gasteiger partial charge in [-0.1, -0.05) is 0 Å². The molecule has 0 aromatic heterocycles. The number of β-amino-alcohol motifs (C(OH)–C–C–N with tert-alkyl or cyclic N) is 1. The smallest absolute Gasteiger partial charge is 0.253 e. The van der Waals surface area contributed by atoms with Gasteiger partial charge in [-0.3, -0.25) is 4.84 Å². The summed E-state index contributed by atoms with van der Waals surface area (Å²) in [5.41, 5.74) is 0. The minimum Gasteiger partial charge on any atom is -0.389 e. The average molecular weight is 153 g/mol. The van der Waals surface area contributed by atoms with Crippen LogP contribution >= 0.6 is 0 Å². The van der Waals surface area contributed by atoms with E-state index in [1.165, 1.54) is 0 Å². The second kappa shape index (κ2) is 3.23. The molecule has 0 unspecified atom stereocenters. The van der Waals surface area contributed by atoms with Crippen molar-refractivity contribution in [2.45, 2.75) is 12.5 Å². The molecule has 1 saturated heterocycles. The van der Waals surface area contributed by atoms with Gasteiger partial charge >= 0.3 is 0 Å². The molecule has 1 rings (SSSR count). The number of aliphatic hydroxyl groups is 1. The topological polar surface area (TPSA) is 32.7 Å². The van der Waals surface area contributed by atoms with Crippen molar-refractivity contribution in [1.82, 2.24) is 5.06 Å². The molecular formula is C5H9F2NO2. The fourth-order valence-electron chi connectivity index (χ4n) is 0.813. The Morgan fingerprint density at radius 2 is 2.40 bits per heavy atom. The number of alkyl halides is 2. The number of aliphatic hydroxyl groups excluding tert-OH is 1. The predicted octanol–water partition coefficient (Wildman–Crippen LogP) is -0.140. The molecule has 1 fully saturated rings. The lowest BCUT2D eigenvalue weighted by atomic mass is 10.4. The third kappa shape index (κ3) is 2.17. The molecule has 0 aliphatic carbocycles. The SMILES string of the molecule is O[C@@H]1CON(CC(F)F)C1. The van der Waals surface area contributed by atoms with E-state index in [2.05, 4.69) is 4.84 Å². The second-order valence-electron chi connectivity index (χ2n) is 2.19. The molecule has 60 valence electrons. The zero-order valence-corrected chi connectivity index (χ0v) is 5.33. The fraction of sp³-hybridized carbons (Fsp3) is 1.00.